The molecule has 0 aliphatic carbocycles. The van der Waals surface area contributed by atoms with Gasteiger partial charge in [0, 0.05) is 17.8 Å². The van der Waals surface area contributed by atoms with Crippen LogP contribution in [-0.2, 0) is 6.42 Å². The summed E-state index contributed by atoms with van der Waals surface area (Å²) in [5, 5.41) is 8.28. The summed E-state index contributed by atoms with van der Waals surface area (Å²) in [6.45, 7) is 4.09. The quantitative estimate of drug-likeness (QED) is 0.778. The van der Waals surface area contributed by atoms with Crippen LogP contribution >= 0.6 is 12.4 Å². The first kappa shape index (κ1) is 16.5. The average Bonchev–Trinajstić information content (AvgIpc) is 3.12. The van der Waals surface area contributed by atoms with Gasteiger partial charge in [0.05, 0.1) is 5.92 Å². The Bertz CT molecular complexity index is 705. The van der Waals surface area contributed by atoms with Crippen LogP contribution in [0.25, 0.3) is 11.0 Å². The topological polar surface area (TPSA) is 64.1 Å². The van der Waals surface area contributed by atoms with Crippen LogP contribution in [0.1, 0.15) is 37.2 Å². The Labute approximate surface area is 135 Å². The fraction of sp³-hybridized carbons (Fsp3) is 0.375. The minimum Gasteiger partial charge on any atom is -0.460 e. The van der Waals surface area contributed by atoms with Gasteiger partial charge in [-0.05, 0) is 33.0 Å². The van der Waals surface area contributed by atoms with Crippen LogP contribution in [0.3, 0.4) is 0 Å². The number of rotatable bonds is 5. The number of para-hydroxylation sites is 1. The predicted molar refractivity (Wildman–Crippen MR) is 87.5 cm³/mol. The summed E-state index contributed by atoms with van der Waals surface area (Å²) >= 11 is 0. The maximum Gasteiger partial charge on any atom is 0.237 e. The van der Waals surface area contributed by atoms with Gasteiger partial charge in [-0.15, -0.1) is 12.4 Å². The largest absolute Gasteiger partial charge is 0.460 e. The Morgan fingerprint density at radius 2 is 2.00 bits per heavy atom. The molecule has 2 atom stereocenters. The van der Waals surface area contributed by atoms with Crippen LogP contribution in [-0.4, -0.2) is 23.2 Å². The van der Waals surface area contributed by atoms with Crippen molar-refractivity contribution in [2.75, 3.05) is 7.05 Å². The van der Waals surface area contributed by atoms with Gasteiger partial charge in [-0.2, -0.15) is 4.98 Å². The predicted octanol–water partition coefficient (Wildman–Crippen LogP) is 3.54. The van der Waals surface area contributed by atoms with E-state index in [0.717, 1.165) is 29.0 Å². The number of hydrogen-bond donors (Lipinski definition) is 1. The number of fused-ring (bicyclic) bond motifs is 1. The van der Waals surface area contributed by atoms with Gasteiger partial charge >= 0.3 is 0 Å². The number of halogens is 1. The third-order valence-corrected chi connectivity index (χ3v) is 3.71. The molecule has 2 aromatic heterocycles. The average molecular weight is 322 g/mol. The van der Waals surface area contributed by atoms with E-state index in [4.69, 9.17) is 8.94 Å². The Balaban J connectivity index is 0.00000176. The zero-order chi connectivity index (χ0) is 14.8. The van der Waals surface area contributed by atoms with Crippen LogP contribution < -0.4 is 5.32 Å². The molecule has 2 unspecified atom stereocenters. The smallest absolute Gasteiger partial charge is 0.237 e. The SMILES string of the molecule is CNC(C)Cc1noc(C(C)c2cc3ccccc3o2)n1.Cl. The van der Waals surface area contributed by atoms with Crippen LogP contribution in [0.2, 0.25) is 0 Å². The lowest BCUT2D eigenvalue weighted by atomic mass is 10.1. The highest BCUT2D eigenvalue weighted by Gasteiger charge is 2.20. The van der Waals surface area contributed by atoms with Gasteiger partial charge in [0.25, 0.3) is 0 Å². The van der Waals surface area contributed by atoms with Gasteiger partial charge in [-0.3, -0.25) is 0 Å². The molecule has 1 N–H and O–H groups in total. The highest BCUT2D eigenvalue weighted by molar-refractivity contribution is 5.85. The standard InChI is InChI=1S/C16H19N3O2.ClH/c1-10(17-3)8-15-18-16(21-19-15)11(2)14-9-12-6-4-5-7-13(12)20-14;/h4-7,9-11,17H,8H2,1-3H3;1H. The molecular formula is C16H20ClN3O2. The molecule has 0 saturated heterocycles. The van der Waals surface area contributed by atoms with E-state index in [1.54, 1.807) is 0 Å². The molecule has 0 aliphatic heterocycles. The first-order valence-electron chi connectivity index (χ1n) is 7.15. The third-order valence-electron chi connectivity index (χ3n) is 3.71. The lowest BCUT2D eigenvalue weighted by molar-refractivity contribution is 0.352. The zero-order valence-corrected chi connectivity index (χ0v) is 13.7. The molecule has 22 heavy (non-hydrogen) atoms. The first-order valence-corrected chi connectivity index (χ1v) is 7.15. The van der Waals surface area contributed by atoms with E-state index in [0.29, 0.717) is 11.9 Å². The second kappa shape index (κ2) is 6.94. The molecule has 3 rings (SSSR count). The van der Waals surface area contributed by atoms with E-state index in [1.807, 2.05) is 44.3 Å². The van der Waals surface area contributed by atoms with E-state index in [2.05, 4.69) is 22.4 Å². The van der Waals surface area contributed by atoms with Gasteiger partial charge < -0.3 is 14.3 Å². The van der Waals surface area contributed by atoms with Crippen molar-refractivity contribution in [2.24, 2.45) is 0 Å². The fourth-order valence-corrected chi connectivity index (χ4v) is 2.24. The molecule has 0 aliphatic rings. The van der Waals surface area contributed by atoms with Crippen molar-refractivity contribution in [3.63, 3.8) is 0 Å². The van der Waals surface area contributed by atoms with E-state index in [9.17, 15) is 0 Å². The summed E-state index contributed by atoms with van der Waals surface area (Å²) < 4.78 is 11.2. The van der Waals surface area contributed by atoms with Crippen molar-refractivity contribution in [1.29, 1.82) is 0 Å². The number of aromatic nitrogens is 2. The minimum atomic E-state index is -0.0523. The van der Waals surface area contributed by atoms with Gasteiger partial charge in [-0.1, -0.05) is 23.4 Å². The van der Waals surface area contributed by atoms with E-state index >= 15 is 0 Å². The Hall–Kier alpha value is -1.85. The zero-order valence-electron chi connectivity index (χ0n) is 12.9. The van der Waals surface area contributed by atoms with Crippen LogP contribution in [0, 0.1) is 0 Å². The normalized spacial score (nSPS) is 13.8. The molecule has 1 aromatic carbocycles. The lowest BCUT2D eigenvalue weighted by Gasteiger charge is -2.05. The number of hydrogen-bond acceptors (Lipinski definition) is 5. The monoisotopic (exact) mass is 321 g/mol. The van der Waals surface area contributed by atoms with Gasteiger partial charge in [0.15, 0.2) is 5.82 Å². The molecule has 0 fully saturated rings. The van der Waals surface area contributed by atoms with E-state index in [1.165, 1.54) is 0 Å². The summed E-state index contributed by atoms with van der Waals surface area (Å²) in [6.07, 6.45) is 0.743. The molecule has 0 bridgehead atoms. The van der Waals surface area contributed by atoms with Gasteiger partial charge in [0.1, 0.15) is 11.3 Å². The van der Waals surface area contributed by atoms with Crippen LogP contribution in [0.15, 0.2) is 39.3 Å². The number of benzene rings is 1. The number of nitrogens with zero attached hydrogens (tertiary/aromatic N) is 2. The molecule has 0 amide bonds. The molecule has 0 radical (unpaired) electrons. The number of furan rings is 1. The minimum absolute atomic E-state index is 0. The van der Waals surface area contributed by atoms with Crippen molar-refractivity contribution in [1.82, 2.24) is 15.5 Å². The highest BCUT2D eigenvalue weighted by atomic mass is 35.5. The van der Waals surface area contributed by atoms with Gasteiger partial charge in [-0.25, -0.2) is 0 Å². The molecule has 3 aromatic rings. The maximum atomic E-state index is 5.86. The molecule has 118 valence electrons. The van der Waals surface area contributed by atoms with Crippen molar-refractivity contribution in [3.8, 4) is 0 Å². The van der Waals surface area contributed by atoms with Crippen LogP contribution in [0.4, 0.5) is 0 Å². The Kier molecular flexibility index (Phi) is 5.21. The van der Waals surface area contributed by atoms with Crippen molar-refractivity contribution in [3.05, 3.63) is 47.8 Å². The summed E-state index contributed by atoms with van der Waals surface area (Å²) in [5.41, 5.74) is 0.878. The highest BCUT2D eigenvalue weighted by Crippen LogP contribution is 2.28. The molecule has 0 saturated carbocycles. The maximum absolute atomic E-state index is 5.86. The molecule has 6 heteroatoms. The van der Waals surface area contributed by atoms with Crippen molar-refractivity contribution < 1.29 is 8.94 Å². The molecule has 2 heterocycles. The molecule has 5 nitrogen and oxygen atoms in total. The number of likely N-dealkylation sites (N-methyl/N-ethyl adjacent to an activating group) is 1. The third kappa shape index (κ3) is 3.31. The first-order chi connectivity index (χ1) is 10.2. The van der Waals surface area contributed by atoms with E-state index < -0.39 is 0 Å². The van der Waals surface area contributed by atoms with Gasteiger partial charge in [0.2, 0.25) is 5.89 Å². The number of nitrogens with one attached hydrogen (secondary N) is 1. The molecular weight excluding hydrogens is 302 g/mol. The summed E-state index contributed by atoms with van der Waals surface area (Å²) in [5.74, 6) is 2.10. The summed E-state index contributed by atoms with van der Waals surface area (Å²) in [7, 11) is 1.92. The summed E-state index contributed by atoms with van der Waals surface area (Å²) in [4.78, 5) is 4.47. The second-order valence-corrected chi connectivity index (χ2v) is 5.35. The summed E-state index contributed by atoms with van der Waals surface area (Å²) in [6, 6.07) is 10.3. The fourth-order valence-electron chi connectivity index (χ4n) is 2.24. The molecule has 0 spiro atoms. The van der Waals surface area contributed by atoms with Crippen molar-refractivity contribution >= 4 is 23.4 Å². The Morgan fingerprint density at radius 1 is 1.23 bits per heavy atom. The Morgan fingerprint density at radius 3 is 2.73 bits per heavy atom. The lowest BCUT2D eigenvalue weighted by Crippen LogP contribution is -2.24. The van der Waals surface area contributed by atoms with Crippen molar-refractivity contribution in [2.45, 2.75) is 32.2 Å². The van der Waals surface area contributed by atoms with E-state index in [-0.39, 0.29) is 18.3 Å². The van der Waals surface area contributed by atoms with Crippen LogP contribution in [0.5, 0.6) is 0 Å². The second-order valence-electron chi connectivity index (χ2n) is 5.35.